The summed E-state index contributed by atoms with van der Waals surface area (Å²) >= 11 is 0. The van der Waals surface area contributed by atoms with Gasteiger partial charge >= 0.3 is 0 Å². The second-order valence-electron chi connectivity index (χ2n) is 6.33. The normalized spacial score (nSPS) is 24.2. The van der Waals surface area contributed by atoms with Crippen molar-refractivity contribution in [1.82, 2.24) is 4.90 Å². The van der Waals surface area contributed by atoms with Gasteiger partial charge in [0.15, 0.2) is 0 Å². The lowest BCUT2D eigenvalue weighted by Crippen LogP contribution is -2.48. The van der Waals surface area contributed by atoms with Gasteiger partial charge in [-0.2, -0.15) is 0 Å². The summed E-state index contributed by atoms with van der Waals surface area (Å²) in [7, 11) is 0. The molecule has 0 spiro atoms. The van der Waals surface area contributed by atoms with E-state index < -0.39 is 6.10 Å². The van der Waals surface area contributed by atoms with E-state index in [2.05, 4.69) is 37.8 Å². The molecule has 0 radical (unpaired) electrons. The van der Waals surface area contributed by atoms with Crippen molar-refractivity contribution in [2.45, 2.75) is 51.9 Å². The Hall–Kier alpha value is -1.10. The maximum absolute atomic E-state index is 10.2. The lowest BCUT2D eigenvalue weighted by atomic mass is 10.1. The van der Waals surface area contributed by atoms with E-state index in [1.807, 2.05) is 12.1 Å². The molecule has 1 fully saturated rings. The first kappa shape index (κ1) is 17.3. The molecule has 0 saturated carbocycles. The number of nitrogens with zero attached hydrogens (tertiary/aromatic N) is 1. The van der Waals surface area contributed by atoms with Gasteiger partial charge in [-0.3, -0.25) is 4.90 Å². The van der Waals surface area contributed by atoms with Crippen LogP contribution in [0.3, 0.4) is 0 Å². The summed E-state index contributed by atoms with van der Waals surface area (Å²) in [5, 5.41) is 10.2. The predicted octanol–water partition coefficient (Wildman–Crippen LogP) is 2.49. The number of rotatable bonds is 7. The molecule has 2 rings (SSSR count). The number of hydrogen-bond donors (Lipinski definition) is 1. The zero-order chi connectivity index (χ0) is 15.9. The second kappa shape index (κ2) is 8.51. The van der Waals surface area contributed by atoms with Gasteiger partial charge < -0.3 is 14.6 Å². The molecule has 0 aliphatic carbocycles. The van der Waals surface area contributed by atoms with Crippen LogP contribution in [0, 0.1) is 0 Å². The molecule has 0 amide bonds. The van der Waals surface area contributed by atoms with Crippen molar-refractivity contribution in [3.63, 3.8) is 0 Å². The van der Waals surface area contributed by atoms with Crippen LogP contribution in [0.2, 0.25) is 0 Å². The van der Waals surface area contributed by atoms with E-state index in [9.17, 15) is 5.11 Å². The minimum Gasteiger partial charge on any atom is -0.491 e. The molecule has 1 aromatic rings. The van der Waals surface area contributed by atoms with Crippen molar-refractivity contribution in [3.05, 3.63) is 29.8 Å². The number of β-amino-alcohol motifs (C(OH)–C–C–N with tert-alkyl or cyclic N) is 1. The van der Waals surface area contributed by atoms with Gasteiger partial charge in [-0.05, 0) is 38.0 Å². The molecule has 1 saturated heterocycles. The standard InChI is InChI=1S/C18H29NO3/c1-4-5-16-6-8-18(9-7-16)21-13-17(20)12-19-10-14(2)22-15(3)11-19/h6-9,14-15,17,20H,4-5,10-13H2,1-3H3/t14-,15+,17-/m0/s1. The van der Waals surface area contributed by atoms with Crippen LogP contribution >= 0.6 is 0 Å². The van der Waals surface area contributed by atoms with Crippen molar-refractivity contribution < 1.29 is 14.6 Å². The fraction of sp³-hybridized carbons (Fsp3) is 0.667. The quantitative estimate of drug-likeness (QED) is 0.840. The van der Waals surface area contributed by atoms with E-state index in [0.717, 1.165) is 31.7 Å². The van der Waals surface area contributed by atoms with Crippen molar-refractivity contribution in [1.29, 1.82) is 0 Å². The fourth-order valence-corrected chi connectivity index (χ4v) is 3.02. The van der Waals surface area contributed by atoms with Crippen LogP contribution in [0.1, 0.15) is 32.8 Å². The van der Waals surface area contributed by atoms with Crippen molar-refractivity contribution >= 4 is 0 Å². The lowest BCUT2D eigenvalue weighted by molar-refractivity contribution is -0.0786. The topological polar surface area (TPSA) is 41.9 Å². The zero-order valence-corrected chi connectivity index (χ0v) is 14.0. The maximum atomic E-state index is 10.2. The van der Waals surface area contributed by atoms with Crippen molar-refractivity contribution in [3.8, 4) is 5.75 Å². The Morgan fingerprint density at radius 1 is 1.23 bits per heavy atom. The number of ether oxygens (including phenoxy) is 2. The minimum atomic E-state index is -0.479. The van der Waals surface area contributed by atoms with E-state index in [1.165, 1.54) is 5.56 Å². The number of benzene rings is 1. The number of aliphatic hydroxyl groups is 1. The van der Waals surface area contributed by atoms with Gasteiger partial charge in [0.05, 0.1) is 12.2 Å². The van der Waals surface area contributed by atoms with Crippen LogP contribution in [-0.4, -0.2) is 54.6 Å². The third-order valence-corrected chi connectivity index (χ3v) is 3.87. The van der Waals surface area contributed by atoms with Gasteiger partial charge in [0.2, 0.25) is 0 Å². The van der Waals surface area contributed by atoms with Gasteiger partial charge in [-0.1, -0.05) is 25.5 Å². The monoisotopic (exact) mass is 307 g/mol. The van der Waals surface area contributed by atoms with Crippen LogP contribution in [0.25, 0.3) is 0 Å². The average Bonchev–Trinajstić information content (AvgIpc) is 2.46. The molecule has 0 aromatic heterocycles. The molecule has 0 unspecified atom stereocenters. The van der Waals surface area contributed by atoms with Crippen LogP contribution in [-0.2, 0) is 11.2 Å². The van der Waals surface area contributed by atoms with E-state index in [4.69, 9.17) is 9.47 Å². The second-order valence-corrected chi connectivity index (χ2v) is 6.33. The van der Waals surface area contributed by atoms with Gasteiger partial charge in [-0.15, -0.1) is 0 Å². The zero-order valence-electron chi connectivity index (χ0n) is 14.0. The maximum Gasteiger partial charge on any atom is 0.119 e. The SMILES string of the molecule is CCCc1ccc(OC[C@@H](O)CN2C[C@@H](C)O[C@@H](C)C2)cc1. The first-order valence-corrected chi connectivity index (χ1v) is 8.34. The van der Waals surface area contributed by atoms with E-state index >= 15 is 0 Å². The highest BCUT2D eigenvalue weighted by molar-refractivity contribution is 5.27. The highest BCUT2D eigenvalue weighted by Crippen LogP contribution is 2.14. The summed E-state index contributed by atoms with van der Waals surface area (Å²) in [6.07, 6.45) is 2.21. The molecule has 1 heterocycles. The Morgan fingerprint density at radius 2 is 1.86 bits per heavy atom. The summed E-state index contributed by atoms with van der Waals surface area (Å²) in [6.45, 7) is 9.01. The molecule has 4 heteroatoms. The largest absolute Gasteiger partial charge is 0.491 e. The van der Waals surface area contributed by atoms with Crippen molar-refractivity contribution in [2.75, 3.05) is 26.2 Å². The molecular weight excluding hydrogens is 278 g/mol. The average molecular weight is 307 g/mol. The van der Waals surface area contributed by atoms with Gasteiger partial charge in [-0.25, -0.2) is 0 Å². The predicted molar refractivity (Wildman–Crippen MR) is 88.4 cm³/mol. The Bertz CT molecular complexity index is 424. The van der Waals surface area contributed by atoms with Crippen LogP contribution in [0.4, 0.5) is 0 Å². The summed E-state index contributed by atoms with van der Waals surface area (Å²) in [5.41, 5.74) is 1.33. The first-order chi connectivity index (χ1) is 10.6. The summed E-state index contributed by atoms with van der Waals surface area (Å²) in [6, 6.07) is 8.15. The molecule has 124 valence electrons. The Kier molecular flexibility index (Phi) is 6.68. The fourth-order valence-electron chi connectivity index (χ4n) is 3.02. The van der Waals surface area contributed by atoms with Gasteiger partial charge in [0.1, 0.15) is 18.5 Å². The molecular formula is C18H29NO3. The van der Waals surface area contributed by atoms with Crippen LogP contribution in [0.15, 0.2) is 24.3 Å². The third kappa shape index (κ3) is 5.59. The Morgan fingerprint density at radius 3 is 2.45 bits per heavy atom. The number of aryl methyl sites for hydroxylation is 1. The van der Waals surface area contributed by atoms with Crippen molar-refractivity contribution in [2.24, 2.45) is 0 Å². The summed E-state index contributed by atoms with van der Waals surface area (Å²) in [4.78, 5) is 2.25. The lowest BCUT2D eigenvalue weighted by Gasteiger charge is -2.36. The number of aliphatic hydroxyl groups excluding tert-OH is 1. The Balaban J connectivity index is 1.73. The highest BCUT2D eigenvalue weighted by atomic mass is 16.5. The smallest absolute Gasteiger partial charge is 0.119 e. The molecule has 4 nitrogen and oxygen atoms in total. The van der Waals surface area contributed by atoms with E-state index in [-0.39, 0.29) is 12.2 Å². The van der Waals surface area contributed by atoms with Crippen LogP contribution in [0.5, 0.6) is 5.75 Å². The molecule has 3 atom stereocenters. The summed E-state index contributed by atoms with van der Waals surface area (Å²) < 4.78 is 11.4. The summed E-state index contributed by atoms with van der Waals surface area (Å²) in [5.74, 6) is 0.822. The Labute approximate surface area is 134 Å². The minimum absolute atomic E-state index is 0.225. The van der Waals surface area contributed by atoms with Gasteiger partial charge in [0, 0.05) is 19.6 Å². The van der Waals surface area contributed by atoms with E-state index in [1.54, 1.807) is 0 Å². The molecule has 22 heavy (non-hydrogen) atoms. The highest BCUT2D eigenvalue weighted by Gasteiger charge is 2.23. The first-order valence-electron chi connectivity index (χ1n) is 8.34. The molecule has 1 aliphatic heterocycles. The van der Waals surface area contributed by atoms with Gasteiger partial charge in [0.25, 0.3) is 0 Å². The third-order valence-electron chi connectivity index (χ3n) is 3.87. The molecule has 1 N–H and O–H groups in total. The van der Waals surface area contributed by atoms with E-state index in [0.29, 0.717) is 13.2 Å². The molecule has 1 aromatic carbocycles. The van der Waals surface area contributed by atoms with Crippen LogP contribution < -0.4 is 4.74 Å². The molecule has 1 aliphatic rings. The number of hydrogen-bond acceptors (Lipinski definition) is 4. The molecule has 0 bridgehead atoms. The number of morpholine rings is 1.